The van der Waals surface area contributed by atoms with E-state index in [-0.39, 0.29) is 12.4 Å². The molecule has 1 N–H and O–H groups in total. The van der Waals surface area contributed by atoms with Gasteiger partial charge >= 0.3 is 0 Å². The lowest BCUT2D eigenvalue weighted by molar-refractivity contribution is 0.439. The summed E-state index contributed by atoms with van der Waals surface area (Å²) < 4.78 is 0. The molecule has 0 unspecified atom stereocenters. The predicted octanol–water partition coefficient (Wildman–Crippen LogP) is 4.67. The summed E-state index contributed by atoms with van der Waals surface area (Å²) in [6, 6.07) is 18.1. The highest BCUT2D eigenvalue weighted by atomic mass is 35.5. The first-order chi connectivity index (χ1) is 12.1. The fourth-order valence-corrected chi connectivity index (χ4v) is 3.71. The number of likely N-dealkylation sites (N-methyl/N-ethyl adjacent to an activating group) is 1. The van der Waals surface area contributed by atoms with E-state index in [4.69, 9.17) is 4.98 Å². The molecule has 0 atom stereocenters. The van der Waals surface area contributed by atoms with E-state index < -0.39 is 0 Å². The molecule has 0 saturated carbocycles. The van der Waals surface area contributed by atoms with E-state index in [0.29, 0.717) is 5.75 Å². The molecule has 0 fully saturated rings. The number of aryl methyl sites for hydroxylation is 1. The SMILES string of the molecule is CN(C)CC1=C(c2cccc(O)c2)c2cc3ccccc3nc2CC1.Cl. The van der Waals surface area contributed by atoms with Crippen molar-refractivity contribution in [1.29, 1.82) is 0 Å². The normalized spacial score (nSPS) is 13.7. The molecule has 1 aliphatic rings. The largest absolute Gasteiger partial charge is 0.508 e. The van der Waals surface area contributed by atoms with Crippen LogP contribution in [-0.2, 0) is 6.42 Å². The number of halogens is 1. The lowest BCUT2D eigenvalue weighted by Gasteiger charge is -2.26. The summed E-state index contributed by atoms with van der Waals surface area (Å²) >= 11 is 0. The highest BCUT2D eigenvalue weighted by molar-refractivity contribution is 5.90. The Labute approximate surface area is 160 Å². The van der Waals surface area contributed by atoms with Crippen molar-refractivity contribution in [2.45, 2.75) is 12.8 Å². The maximum absolute atomic E-state index is 9.98. The van der Waals surface area contributed by atoms with E-state index >= 15 is 0 Å². The van der Waals surface area contributed by atoms with Crippen molar-refractivity contribution >= 4 is 28.9 Å². The number of nitrogens with zero attached hydrogens (tertiary/aromatic N) is 2. The van der Waals surface area contributed by atoms with Gasteiger partial charge in [0, 0.05) is 23.2 Å². The van der Waals surface area contributed by atoms with Crippen LogP contribution in [0, 0.1) is 0 Å². The van der Waals surface area contributed by atoms with Gasteiger partial charge in [-0.05, 0) is 67.9 Å². The number of para-hydroxylation sites is 1. The van der Waals surface area contributed by atoms with Crippen molar-refractivity contribution in [3.8, 4) is 5.75 Å². The van der Waals surface area contributed by atoms with Crippen LogP contribution in [0.25, 0.3) is 16.5 Å². The molecule has 4 heteroatoms. The molecule has 0 saturated heterocycles. The van der Waals surface area contributed by atoms with Gasteiger partial charge in [-0.3, -0.25) is 4.98 Å². The van der Waals surface area contributed by atoms with Crippen molar-refractivity contribution in [1.82, 2.24) is 9.88 Å². The summed E-state index contributed by atoms with van der Waals surface area (Å²) in [4.78, 5) is 7.12. The number of fused-ring (bicyclic) bond motifs is 2. The molecule has 0 bridgehead atoms. The van der Waals surface area contributed by atoms with Gasteiger partial charge in [0.1, 0.15) is 5.75 Å². The number of rotatable bonds is 3. The standard InChI is InChI=1S/C22H22N2O.ClH/c1-24(2)14-17-10-11-21-19(13-15-6-3-4-9-20(15)23-21)22(17)16-7-5-8-18(25)12-16;/h3-9,12-13,25H,10-11,14H2,1-2H3;1H. The van der Waals surface area contributed by atoms with Gasteiger partial charge in [-0.15, -0.1) is 12.4 Å². The highest BCUT2D eigenvalue weighted by Crippen LogP contribution is 2.37. The lowest BCUT2D eigenvalue weighted by atomic mass is 9.83. The highest BCUT2D eigenvalue weighted by Gasteiger charge is 2.22. The molecular weight excluding hydrogens is 344 g/mol. The third kappa shape index (κ3) is 3.46. The average Bonchev–Trinajstić information content (AvgIpc) is 2.59. The van der Waals surface area contributed by atoms with Gasteiger partial charge < -0.3 is 10.0 Å². The van der Waals surface area contributed by atoms with E-state index in [0.717, 1.165) is 41.5 Å². The minimum absolute atomic E-state index is 0. The van der Waals surface area contributed by atoms with Gasteiger partial charge in [0.05, 0.1) is 5.52 Å². The number of pyridine rings is 1. The van der Waals surface area contributed by atoms with Crippen molar-refractivity contribution in [2.75, 3.05) is 20.6 Å². The molecular formula is C22H23ClN2O. The number of benzene rings is 2. The molecule has 134 valence electrons. The third-order valence-electron chi connectivity index (χ3n) is 4.73. The molecule has 0 radical (unpaired) electrons. The van der Waals surface area contributed by atoms with Gasteiger partial charge in [-0.2, -0.15) is 0 Å². The lowest BCUT2D eigenvalue weighted by Crippen LogP contribution is -2.20. The maximum Gasteiger partial charge on any atom is 0.116 e. The van der Waals surface area contributed by atoms with Crippen LogP contribution in [0.5, 0.6) is 5.75 Å². The molecule has 0 spiro atoms. The summed E-state index contributed by atoms with van der Waals surface area (Å²) in [5.74, 6) is 0.301. The van der Waals surface area contributed by atoms with E-state index in [2.05, 4.69) is 49.3 Å². The van der Waals surface area contributed by atoms with Gasteiger partial charge in [0.2, 0.25) is 0 Å². The number of hydrogen-bond acceptors (Lipinski definition) is 3. The fourth-order valence-electron chi connectivity index (χ4n) is 3.71. The molecule has 4 rings (SSSR count). The molecule has 3 aromatic rings. The number of aromatic nitrogens is 1. The third-order valence-corrected chi connectivity index (χ3v) is 4.73. The number of phenolic OH excluding ortho intramolecular Hbond substituents is 1. The van der Waals surface area contributed by atoms with Crippen LogP contribution in [-0.4, -0.2) is 35.6 Å². The van der Waals surface area contributed by atoms with Crippen LogP contribution >= 0.6 is 12.4 Å². The predicted molar refractivity (Wildman–Crippen MR) is 110 cm³/mol. The monoisotopic (exact) mass is 366 g/mol. The van der Waals surface area contributed by atoms with E-state index in [1.807, 2.05) is 18.2 Å². The maximum atomic E-state index is 9.98. The Kier molecular flexibility index (Phi) is 5.30. The second-order valence-corrected chi connectivity index (χ2v) is 6.94. The van der Waals surface area contributed by atoms with Crippen molar-refractivity contribution < 1.29 is 5.11 Å². The Balaban J connectivity index is 0.00000196. The first-order valence-electron chi connectivity index (χ1n) is 8.67. The van der Waals surface area contributed by atoms with E-state index in [9.17, 15) is 5.11 Å². The molecule has 1 heterocycles. The van der Waals surface area contributed by atoms with E-state index in [1.165, 1.54) is 16.7 Å². The smallest absolute Gasteiger partial charge is 0.116 e. The Morgan fingerprint density at radius 1 is 1.00 bits per heavy atom. The topological polar surface area (TPSA) is 36.4 Å². The summed E-state index contributed by atoms with van der Waals surface area (Å²) in [5, 5.41) is 11.1. The van der Waals surface area contributed by atoms with Crippen LogP contribution in [0.15, 0.2) is 60.2 Å². The van der Waals surface area contributed by atoms with Crippen LogP contribution < -0.4 is 0 Å². The second-order valence-electron chi connectivity index (χ2n) is 6.94. The van der Waals surface area contributed by atoms with Crippen LogP contribution in [0.3, 0.4) is 0 Å². The zero-order chi connectivity index (χ0) is 17.4. The quantitative estimate of drug-likeness (QED) is 0.731. The van der Waals surface area contributed by atoms with Crippen molar-refractivity contribution in [2.24, 2.45) is 0 Å². The summed E-state index contributed by atoms with van der Waals surface area (Å²) in [6.07, 6.45) is 1.97. The average molecular weight is 367 g/mol. The Hall–Kier alpha value is -2.36. The Morgan fingerprint density at radius 3 is 2.58 bits per heavy atom. The number of hydrogen-bond donors (Lipinski definition) is 1. The zero-order valence-electron chi connectivity index (χ0n) is 15.1. The molecule has 1 aliphatic carbocycles. The van der Waals surface area contributed by atoms with Gasteiger partial charge in [0.15, 0.2) is 0 Å². The van der Waals surface area contributed by atoms with E-state index in [1.54, 1.807) is 6.07 Å². The Morgan fingerprint density at radius 2 is 1.81 bits per heavy atom. The minimum atomic E-state index is 0. The van der Waals surface area contributed by atoms with Crippen molar-refractivity contribution in [3.05, 3.63) is 77.0 Å². The molecule has 0 aliphatic heterocycles. The Bertz CT molecular complexity index is 979. The zero-order valence-corrected chi connectivity index (χ0v) is 15.9. The number of phenols is 1. The molecule has 26 heavy (non-hydrogen) atoms. The van der Waals surface area contributed by atoms with Crippen molar-refractivity contribution in [3.63, 3.8) is 0 Å². The van der Waals surface area contributed by atoms with Crippen LogP contribution in [0.2, 0.25) is 0 Å². The van der Waals surface area contributed by atoms with Gasteiger partial charge in [0.25, 0.3) is 0 Å². The molecule has 0 amide bonds. The first-order valence-corrected chi connectivity index (χ1v) is 8.67. The summed E-state index contributed by atoms with van der Waals surface area (Å²) in [6.45, 7) is 0.914. The van der Waals surface area contributed by atoms with Crippen LogP contribution in [0.4, 0.5) is 0 Å². The van der Waals surface area contributed by atoms with Crippen LogP contribution in [0.1, 0.15) is 23.2 Å². The fraction of sp³-hybridized carbons (Fsp3) is 0.227. The number of aromatic hydroxyl groups is 1. The van der Waals surface area contributed by atoms with Gasteiger partial charge in [-0.25, -0.2) is 0 Å². The summed E-state index contributed by atoms with van der Waals surface area (Å²) in [5.41, 5.74) is 7.10. The summed E-state index contributed by atoms with van der Waals surface area (Å²) in [7, 11) is 4.20. The molecule has 3 nitrogen and oxygen atoms in total. The molecule has 1 aromatic heterocycles. The minimum Gasteiger partial charge on any atom is -0.508 e. The second kappa shape index (κ2) is 7.48. The van der Waals surface area contributed by atoms with Gasteiger partial charge in [-0.1, -0.05) is 30.3 Å². The molecule has 2 aromatic carbocycles. The first kappa shape index (κ1) is 18.4.